The first-order valence-corrected chi connectivity index (χ1v) is 13.5. The fourth-order valence-corrected chi connectivity index (χ4v) is 5.35. The molecule has 0 bridgehead atoms. The maximum absolute atomic E-state index is 12.8. The van der Waals surface area contributed by atoms with E-state index in [0.717, 1.165) is 5.56 Å². The summed E-state index contributed by atoms with van der Waals surface area (Å²) in [5.41, 5.74) is -0.208. The fraction of sp³-hybridized carbons (Fsp3) is 0.560. The number of nitrogens with zero attached hydrogens (tertiary/aromatic N) is 4. The molecule has 0 radical (unpaired) electrons. The zero-order valence-corrected chi connectivity index (χ0v) is 22.0. The van der Waals surface area contributed by atoms with Crippen LogP contribution < -0.4 is 4.90 Å². The number of morpholine rings is 1. The molecule has 10 nitrogen and oxygen atoms in total. The summed E-state index contributed by atoms with van der Waals surface area (Å²) in [7, 11) is -3.94. The van der Waals surface area contributed by atoms with Crippen molar-refractivity contribution in [1.29, 1.82) is 0 Å². The van der Waals surface area contributed by atoms with Crippen LogP contribution in [-0.2, 0) is 23.8 Å². The fourth-order valence-electron chi connectivity index (χ4n) is 4.42. The number of likely N-dealkylation sites (tertiary alicyclic amines) is 1. The number of aromatic nitrogens is 2. The topological polar surface area (TPSA) is 111 Å². The zero-order valence-electron chi connectivity index (χ0n) is 21.2. The summed E-state index contributed by atoms with van der Waals surface area (Å²) in [6.07, 6.45) is 3.59. The molecule has 36 heavy (non-hydrogen) atoms. The van der Waals surface area contributed by atoms with Gasteiger partial charge >= 0.3 is 6.09 Å². The van der Waals surface area contributed by atoms with E-state index in [1.807, 2.05) is 32.6 Å². The minimum absolute atomic E-state index is 0.104. The van der Waals surface area contributed by atoms with Crippen molar-refractivity contribution in [2.24, 2.45) is 0 Å². The Balaban J connectivity index is 1.47. The average Bonchev–Trinajstić information content (AvgIpc) is 2.83. The van der Waals surface area contributed by atoms with Crippen LogP contribution in [0.15, 0.2) is 47.6 Å². The third kappa shape index (κ3) is 6.51. The SMILES string of the molecule is Cc1ccc(S(=O)(=O)OCC2CN(c3ncccn3)CC3(CCN(C(=O)OC(C)(C)C)CC3)O2)cc1. The molecule has 4 rings (SSSR count). The lowest BCUT2D eigenvalue weighted by atomic mass is 9.88. The van der Waals surface area contributed by atoms with Crippen molar-refractivity contribution in [3.63, 3.8) is 0 Å². The van der Waals surface area contributed by atoms with Crippen LogP contribution in [0.5, 0.6) is 0 Å². The van der Waals surface area contributed by atoms with Gasteiger partial charge in [0, 0.05) is 32.0 Å². The van der Waals surface area contributed by atoms with Crippen LogP contribution in [0, 0.1) is 6.92 Å². The van der Waals surface area contributed by atoms with Crippen LogP contribution in [0.2, 0.25) is 0 Å². The molecule has 1 aromatic carbocycles. The quantitative estimate of drug-likeness (QED) is 0.551. The lowest BCUT2D eigenvalue weighted by Gasteiger charge is -2.49. The third-order valence-corrected chi connectivity index (χ3v) is 7.50. The Labute approximate surface area is 212 Å². The smallest absolute Gasteiger partial charge is 0.410 e. The van der Waals surface area contributed by atoms with Crippen LogP contribution in [0.25, 0.3) is 0 Å². The minimum Gasteiger partial charge on any atom is -0.444 e. The molecule has 2 aliphatic rings. The summed E-state index contributed by atoms with van der Waals surface area (Å²) < 4.78 is 42.9. The number of hydrogen-bond acceptors (Lipinski definition) is 9. The van der Waals surface area contributed by atoms with Gasteiger partial charge in [-0.25, -0.2) is 14.8 Å². The summed E-state index contributed by atoms with van der Waals surface area (Å²) >= 11 is 0. The Hall–Kier alpha value is -2.76. The summed E-state index contributed by atoms with van der Waals surface area (Å²) in [5, 5.41) is 0. The zero-order chi connectivity index (χ0) is 26.0. The second-order valence-corrected chi connectivity index (χ2v) is 12.0. The van der Waals surface area contributed by atoms with E-state index < -0.39 is 27.4 Å². The molecule has 1 unspecified atom stereocenters. The predicted octanol–water partition coefficient (Wildman–Crippen LogP) is 3.17. The van der Waals surface area contributed by atoms with Crippen molar-refractivity contribution in [3.8, 4) is 0 Å². The van der Waals surface area contributed by atoms with Crippen molar-refractivity contribution in [2.45, 2.75) is 62.7 Å². The molecule has 1 atom stereocenters. The summed E-state index contributed by atoms with van der Waals surface area (Å²) in [6, 6.07) is 8.27. The predicted molar refractivity (Wildman–Crippen MR) is 133 cm³/mol. The Bertz CT molecular complexity index is 1140. The van der Waals surface area contributed by atoms with Crippen LogP contribution in [0.1, 0.15) is 39.2 Å². The Kier molecular flexibility index (Phi) is 7.53. The molecule has 0 saturated carbocycles. The van der Waals surface area contributed by atoms with Gasteiger partial charge in [-0.2, -0.15) is 8.42 Å². The molecule has 2 fully saturated rings. The molecular weight excluding hydrogens is 484 g/mol. The highest BCUT2D eigenvalue weighted by Crippen LogP contribution is 2.34. The van der Waals surface area contributed by atoms with E-state index in [2.05, 4.69) is 9.97 Å². The molecule has 1 spiro atoms. The highest BCUT2D eigenvalue weighted by molar-refractivity contribution is 7.86. The lowest BCUT2D eigenvalue weighted by Crippen LogP contribution is -2.61. The second kappa shape index (κ2) is 10.3. The van der Waals surface area contributed by atoms with Crippen LogP contribution in [0.4, 0.5) is 10.7 Å². The number of amides is 1. The molecule has 11 heteroatoms. The van der Waals surface area contributed by atoms with Gasteiger partial charge < -0.3 is 19.3 Å². The highest BCUT2D eigenvalue weighted by Gasteiger charge is 2.45. The van der Waals surface area contributed by atoms with Gasteiger partial charge in [0.25, 0.3) is 10.1 Å². The average molecular weight is 519 g/mol. The number of benzene rings is 1. The van der Waals surface area contributed by atoms with Gasteiger partial charge in [0.15, 0.2) is 0 Å². The molecule has 2 saturated heterocycles. The van der Waals surface area contributed by atoms with Crippen molar-refractivity contribution in [1.82, 2.24) is 14.9 Å². The van der Waals surface area contributed by atoms with Crippen molar-refractivity contribution in [3.05, 3.63) is 48.3 Å². The largest absolute Gasteiger partial charge is 0.444 e. The number of carbonyl (C=O) groups is 1. The van der Waals surface area contributed by atoms with Gasteiger partial charge in [0.2, 0.25) is 5.95 Å². The number of ether oxygens (including phenoxy) is 2. The van der Waals surface area contributed by atoms with E-state index >= 15 is 0 Å². The number of carbonyl (C=O) groups excluding carboxylic acids is 1. The molecule has 1 aromatic heterocycles. The molecular formula is C25H34N4O6S. The first kappa shape index (κ1) is 26.3. The van der Waals surface area contributed by atoms with Crippen molar-refractivity contribution < 1.29 is 26.9 Å². The molecule has 2 aliphatic heterocycles. The Morgan fingerprint density at radius 3 is 2.39 bits per heavy atom. The normalized spacial score (nSPS) is 20.4. The molecule has 196 valence electrons. The third-order valence-electron chi connectivity index (χ3n) is 6.20. The first-order valence-electron chi connectivity index (χ1n) is 12.1. The van der Waals surface area contributed by atoms with Crippen LogP contribution in [0.3, 0.4) is 0 Å². The van der Waals surface area contributed by atoms with E-state index in [1.165, 1.54) is 12.1 Å². The van der Waals surface area contributed by atoms with Gasteiger partial charge in [-0.05, 0) is 58.7 Å². The molecule has 1 amide bonds. The molecule has 2 aromatic rings. The molecule has 0 N–H and O–H groups in total. The van der Waals surface area contributed by atoms with E-state index in [0.29, 0.717) is 45.0 Å². The Morgan fingerprint density at radius 1 is 1.14 bits per heavy atom. The van der Waals surface area contributed by atoms with Gasteiger partial charge in [-0.3, -0.25) is 4.18 Å². The maximum atomic E-state index is 12.8. The van der Waals surface area contributed by atoms with Crippen LogP contribution >= 0.6 is 0 Å². The van der Waals surface area contributed by atoms with E-state index in [4.69, 9.17) is 13.7 Å². The van der Waals surface area contributed by atoms with Gasteiger partial charge in [-0.15, -0.1) is 0 Å². The monoisotopic (exact) mass is 518 g/mol. The number of piperidine rings is 1. The highest BCUT2D eigenvalue weighted by atomic mass is 32.2. The summed E-state index contributed by atoms with van der Waals surface area (Å²) in [6.45, 7) is 9.11. The lowest BCUT2D eigenvalue weighted by molar-refractivity contribution is -0.140. The van der Waals surface area contributed by atoms with E-state index in [-0.39, 0.29) is 17.6 Å². The van der Waals surface area contributed by atoms with E-state index in [9.17, 15) is 13.2 Å². The van der Waals surface area contributed by atoms with Crippen LogP contribution in [-0.4, -0.2) is 79.5 Å². The number of aryl methyl sites for hydroxylation is 1. The first-order chi connectivity index (χ1) is 16.9. The standard InChI is InChI=1S/C25H34N4O6S/c1-19-6-8-21(9-7-19)36(31,32)33-17-20-16-29(22-26-12-5-13-27-22)18-25(34-20)10-14-28(15-11-25)23(30)35-24(2,3)4/h5-9,12-13,20H,10-11,14-18H2,1-4H3. The molecule has 3 heterocycles. The Morgan fingerprint density at radius 2 is 1.78 bits per heavy atom. The number of hydrogen-bond donors (Lipinski definition) is 0. The summed E-state index contributed by atoms with van der Waals surface area (Å²) in [4.78, 5) is 25.1. The van der Waals surface area contributed by atoms with Crippen molar-refractivity contribution in [2.75, 3.05) is 37.7 Å². The molecule has 0 aliphatic carbocycles. The van der Waals surface area contributed by atoms with E-state index in [1.54, 1.807) is 35.5 Å². The van der Waals surface area contributed by atoms with Gasteiger partial charge in [-0.1, -0.05) is 17.7 Å². The summed E-state index contributed by atoms with van der Waals surface area (Å²) in [5.74, 6) is 0.543. The van der Waals surface area contributed by atoms with Gasteiger partial charge in [0.1, 0.15) is 11.7 Å². The van der Waals surface area contributed by atoms with Gasteiger partial charge in [0.05, 0.1) is 23.6 Å². The number of rotatable bonds is 5. The number of anilines is 1. The minimum atomic E-state index is -3.94. The van der Waals surface area contributed by atoms with Crippen molar-refractivity contribution >= 4 is 22.2 Å². The second-order valence-electron chi connectivity index (χ2n) is 10.4. The maximum Gasteiger partial charge on any atom is 0.410 e.